The van der Waals surface area contributed by atoms with Crippen molar-refractivity contribution in [1.29, 1.82) is 0 Å². The van der Waals surface area contributed by atoms with E-state index >= 15 is 0 Å². The van der Waals surface area contributed by atoms with Gasteiger partial charge >= 0.3 is 0 Å². The van der Waals surface area contributed by atoms with Gasteiger partial charge in [0.25, 0.3) is 0 Å². The molecule has 0 saturated carbocycles. The predicted molar refractivity (Wildman–Crippen MR) is 239 cm³/mol. The summed E-state index contributed by atoms with van der Waals surface area (Å²) in [5, 5.41) is 0. The van der Waals surface area contributed by atoms with Crippen molar-refractivity contribution in [3.8, 4) is 22.3 Å². The quantitative estimate of drug-likeness (QED) is 0.166. The maximum Gasteiger partial charge on any atom is 0.0726 e. The Bertz CT molecular complexity index is 2850. The topological polar surface area (TPSA) is 6.48 Å². The van der Waals surface area contributed by atoms with E-state index in [1.807, 2.05) is 11.8 Å². The Morgan fingerprint density at radius 1 is 0.439 bits per heavy atom. The molecule has 1 spiro atoms. The number of aryl methyl sites for hydroxylation is 1. The second kappa shape index (κ2) is 12.7. The first-order valence-electron chi connectivity index (χ1n) is 20.0. The van der Waals surface area contributed by atoms with Gasteiger partial charge < -0.3 is 9.80 Å². The fourth-order valence-electron chi connectivity index (χ4n) is 10.1. The predicted octanol–water partition coefficient (Wildman–Crippen LogP) is 14.2. The Morgan fingerprint density at radius 2 is 0.965 bits per heavy atom. The Hall–Kier alpha value is -6.55. The molecule has 0 amide bonds. The number of hydrogen-bond donors (Lipinski definition) is 0. The lowest BCUT2D eigenvalue weighted by molar-refractivity contribution is 0.762. The van der Waals surface area contributed by atoms with Crippen molar-refractivity contribution >= 4 is 52.4 Å². The first kappa shape index (κ1) is 32.7. The van der Waals surface area contributed by atoms with Crippen LogP contribution in [0.3, 0.4) is 0 Å². The minimum atomic E-state index is -0.409. The molecule has 57 heavy (non-hydrogen) atoms. The molecule has 2 nitrogen and oxygen atoms in total. The lowest BCUT2D eigenvalue weighted by Gasteiger charge is -2.34. The summed E-state index contributed by atoms with van der Waals surface area (Å²) in [6, 6.07) is 68.0. The van der Waals surface area contributed by atoms with E-state index in [9.17, 15) is 0 Å². The maximum atomic E-state index is 2.55. The molecular formula is C54H38N2S. The van der Waals surface area contributed by atoms with E-state index in [-0.39, 0.29) is 0 Å². The molecule has 0 radical (unpaired) electrons. The molecular weight excluding hydrogens is 709 g/mol. The van der Waals surface area contributed by atoms with Gasteiger partial charge in [-0.1, -0.05) is 145 Å². The molecule has 0 unspecified atom stereocenters. The van der Waals surface area contributed by atoms with Crippen LogP contribution < -0.4 is 9.80 Å². The van der Waals surface area contributed by atoms with Crippen LogP contribution in [0.2, 0.25) is 0 Å². The minimum Gasteiger partial charge on any atom is -0.341 e. The molecule has 0 fully saturated rings. The standard InChI is InChI=1S/C54H38N2S/c1-6-18-49-38(12-1)13-11-33-55(49)40-30-32-44-43-31-27-37(34-47(43)54(48(44)35-40)45-16-4-2-14-41(45)42-15-3-5-17-46(42)54)24-23-36-25-28-39(29-26-36)56-50-19-7-9-21-52(50)57-53-22-10-8-20-51(53)56/h1-10,12,14-32,34-35H,11,13,33H2. The zero-order chi connectivity index (χ0) is 37.5. The smallest absolute Gasteiger partial charge is 0.0726 e. The van der Waals surface area contributed by atoms with E-state index in [2.05, 4.69) is 204 Å². The van der Waals surface area contributed by atoms with Crippen LogP contribution in [0.5, 0.6) is 0 Å². The lowest BCUT2D eigenvalue weighted by Crippen LogP contribution is -2.27. The van der Waals surface area contributed by atoms with Gasteiger partial charge in [-0.05, 0) is 135 Å². The summed E-state index contributed by atoms with van der Waals surface area (Å²) in [6.07, 6.45) is 6.84. The van der Waals surface area contributed by atoms with Crippen LogP contribution in [0.15, 0.2) is 192 Å². The maximum absolute atomic E-state index is 2.55. The average molecular weight is 747 g/mol. The van der Waals surface area contributed by atoms with Gasteiger partial charge in [0.15, 0.2) is 0 Å². The van der Waals surface area contributed by atoms with Crippen molar-refractivity contribution in [2.75, 3.05) is 16.3 Å². The Kier molecular flexibility index (Phi) is 7.30. The summed E-state index contributed by atoms with van der Waals surface area (Å²) in [5.74, 6) is 0. The van der Waals surface area contributed by atoms with E-state index in [0.717, 1.165) is 25.1 Å². The highest BCUT2D eigenvalue weighted by molar-refractivity contribution is 7.99. The monoisotopic (exact) mass is 746 g/mol. The van der Waals surface area contributed by atoms with Crippen molar-refractivity contribution < 1.29 is 0 Å². The number of para-hydroxylation sites is 3. The molecule has 0 aromatic heterocycles. The van der Waals surface area contributed by atoms with Crippen LogP contribution in [0.25, 0.3) is 34.4 Å². The summed E-state index contributed by atoms with van der Waals surface area (Å²) >= 11 is 1.84. The molecule has 0 atom stereocenters. The first-order chi connectivity index (χ1) is 28.3. The largest absolute Gasteiger partial charge is 0.341 e. The summed E-state index contributed by atoms with van der Waals surface area (Å²) in [6.45, 7) is 1.02. The van der Waals surface area contributed by atoms with Gasteiger partial charge in [-0.25, -0.2) is 0 Å². The fraction of sp³-hybridized carbons (Fsp3) is 0.0741. The molecule has 2 aliphatic heterocycles. The van der Waals surface area contributed by atoms with Crippen molar-refractivity contribution in [2.45, 2.75) is 28.0 Å². The van der Waals surface area contributed by atoms with E-state index in [4.69, 9.17) is 0 Å². The van der Waals surface area contributed by atoms with Gasteiger partial charge in [0.2, 0.25) is 0 Å². The van der Waals surface area contributed by atoms with E-state index < -0.39 is 5.41 Å². The van der Waals surface area contributed by atoms with Crippen LogP contribution in [0.1, 0.15) is 45.4 Å². The summed E-state index contributed by atoms with van der Waals surface area (Å²) < 4.78 is 0. The Morgan fingerprint density at radius 3 is 1.68 bits per heavy atom. The molecule has 0 bridgehead atoms. The van der Waals surface area contributed by atoms with Crippen molar-refractivity contribution in [1.82, 2.24) is 0 Å². The molecule has 4 aliphatic rings. The van der Waals surface area contributed by atoms with Crippen molar-refractivity contribution in [2.24, 2.45) is 0 Å². The molecule has 8 aromatic carbocycles. The third-order valence-electron chi connectivity index (χ3n) is 12.6. The summed E-state index contributed by atoms with van der Waals surface area (Å²) in [7, 11) is 0. The van der Waals surface area contributed by atoms with Crippen LogP contribution in [0, 0.1) is 0 Å². The number of fused-ring (bicyclic) bond motifs is 13. The normalized spacial score (nSPS) is 15.1. The van der Waals surface area contributed by atoms with Crippen molar-refractivity contribution in [3.05, 3.63) is 221 Å². The van der Waals surface area contributed by atoms with Gasteiger partial charge in [0.05, 0.1) is 16.8 Å². The van der Waals surface area contributed by atoms with Gasteiger partial charge in [-0.2, -0.15) is 0 Å². The molecule has 3 heteroatoms. The second-order valence-corrected chi connectivity index (χ2v) is 16.6. The third-order valence-corrected chi connectivity index (χ3v) is 13.7. The molecule has 0 N–H and O–H groups in total. The van der Waals surface area contributed by atoms with Crippen molar-refractivity contribution in [3.63, 3.8) is 0 Å². The average Bonchev–Trinajstić information content (AvgIpc) is 3.74. The first-order valence-corrected chi connectivity index (χ1v) is 20.9. The molecule has 0 saturated heterocycles. The second-order valence-electron chi connectivity index (χ2n) is 15.6. The van der Waals surface area contributed by atoms with Crippen LogP contribution >= 0.6 is 11.8 Å². The highest BCUT2D eigenvalue weighted by Gasteiger charge is 2.51. The van der Waals surface area contributed by atoms with Crippen LogP contribution in [-0.4, -0.2) is 6.54 Å². The number of anilines is 5. The van der Waals surface area contributed by atoms with E-state index in [0.29, 0.717) is 0 Å². The molecule has 270 valence electrons. The van der Waals surface area contributed by atoms with E-state index in [1.165, 1.54) is 93.7 Å². The lowest BCUT2D eigenvalue weighted by atomic mass is 9.70. The fourth-order valence-corrected chi connectivity index (χ4v) is 11.2. The van der Waals surface area contributed by atoms with Gasteiger partial charge in [0.1, 0.15) is 0 Å². The summed E-state index contributed by atoms with van der Waals surface area (Å²) in [5.41, 5.74) is 20.4. The highest BCUT2D eigenvalue weighted by atomic mass is 32.2. The van der Waals surface area contributed by atoms with Gasteiger partial charge in [-0.15, -0.1) is 0 Å². The molecule has 8 aromatic rings. The van der Waals surface area contributed by atoms with Crippen LogP contribution in [0.4, 0.5) is 28.4 Å². The SMILES string of the molecule is C(=Cc1ccc2c(c1)C1(c3ccccc3-c3ccccc31)c1cc(N3CCCc4ccccc43)ccc1-2)c1ccc(N2c3ccccc3Sc3ccccc32)cc1. The van der Waals surface area contributed by atoms with Crippen LogP contribution in [-0.2, 0) is 11.8 Å². The Labute approximate surface area is 338 Å². The number of hydrogen-bond acceptors (Lipinski definition) is 3. The molecule has 2 heterocycles. The molecule has 12 rings (SSSR count). The summed E-state index contributed by atoms with van der Waals surface area (Å²) in [4.78, 5) is 7.48. The third kappa shape index (κ3) is 4.85. The zero-order valence-electron chi connectivity index (χ0n) is 31.4. The van der Waals surface area contributed by atoms with E-state index in [1.54, 1.807) is 0 Å². The molecule has 2 aliphatic carbocycles. The number of benzene rings is 8. The number of rotatable bonds is 4. The minimum absolute atomic E-state index is 0.409. The highest BCUT2D eigenvalue weighted by Crippen LogP contribution is 2.63. The van der Waals surface area contributed by atoms with Gasteiger partial charge in [-0.3, -0.25) is 0 Å². The number of nitrogens with zero attached hydrogens (tertiary/aromatic N) is 2. The van der Waals surface area contributed by atoms with Gasteiger partial charge in [0, 0.05) is 33.4 Å². The zero-order valence-corrected chi connectivity index (χ0v) is 32.2. The Balaban J connectivity index is 0.956.